The predicted molar refractivity (Wildman–Crippen MR) is 103 cm³/mol. The lowest BCUT2D eigenvalue weighted by Crippen LogP contribution is -2.56. The van der Waals surface area contributed by atoms with Crippen molar-refractivity contribution in [2.45, 2.75) is 47.6 Å². The average Bonchev–Trinajstić information content (AvgIpc) is 2.48. The number of carboxylic acids is 2. The van der Waals surface area contributed by atoms with Gasteiger partial charge in [-0.15, -0.1) is 0 Å². The van der Waals surface area contributed by atoms with Crippen LogP contribution in [-0.4, -0.2) is 34.1 Å². The Morgan fingerprint density at radius 3 is 1.70 bits per heavy atom. The van der Waals surface area contributed by atoms with Gasteiger partial charge in [-0.2, -0.15) is 0 Å². The van der Waals surface area contributed by atoms with Gasteiger partial charge in [-0.05, 0) is 35.1 Å². The van der Waals surface area contributed by atoms with Gasteiger partial charge >= 0.3 is 11.9 Å². The van der Waals surface area contributed by atoms with Gasteiger partial charge in [0, 0.05) is 17.2 Å². The van der Waals surface area contributed by atoms with Crippen LogP contribution < -0.4 is 11.1 Å². The number of hydrogen-bond donors (Lipinski definition) is 4. The number of nitrogens with one attached hydrogen (secondary N) is 1. The van der Waals surface area contributed by atoms with Crippen molar-refractivity contribution in [2.75, 3.05) is 5.73 Å². The summed E-state index contributed by atoms with van der Waals surface area (Å²) in [6.45, 7) is 10.6. The molecule has 1 rings (SSSR count). The molecule has 0 spiro atoms. The molecule has 0 aliphatic carbocycles. The second-order valence-corrected chi connectivity index (χ2v) is 8.99. The highest BCUT2D eigenvalue weighted by molar-refractivity contribution is 5.97. The van der Waals surface area contributed by atoms with E-state index in [2.05, 4.69) is 5.32 Å². The third kappa shape index (κ3) is 5.70. The minimum absolute atomic E-state index is 0.255. The fourth-order valence-electron chi connectivity index (χ4n) is 3.42. The van der Waals surface area contributed by atoms with Gasteiger partial charge in [0.25, 0.3) is 5.91 Å². The zero-order valence-electron chi connectivity index (χ0n) is 16.7. The van der Waals surface area contributed by atoms with Crippen LogP contribution in [0.5, 0.6) is 0 Å². The van der Waals surface area contributed by atoms with E-state index in [1.165, 1.54) is 12.1 Å². The number of hydrogen-bond acceptors (Lipinski definition) is 4. The zero-order chi connectivity index (χ0) is 21.2. The van der Waals surface area contributed by atoms with Crippen molar-refractivity contribution in [2.24, 2.45) is 22.7 Å². The van der Waals surface area contributed by atoms with Crippen LogP contribution in [0.25, 0.3) is 0 Å². The minimum Gasteiger partial charge on any atom is -0.481 e. The molecule has 1 aromatic rings. The number of carbonyl (C=O) groups excluding carboxylic acids is 1. The molecule has 150 valence electrons. The molecule has 0 saturated carbocycles. The Morgan fingerprint density at radius 2 is 1.37 bits per heavy atom. The number of rotatable bonds is 6. The number of nitrogen functional groups attached to an aromatic ring is 1. The molecule has 0 saturated heterocycles. The molecule has 0 bridgehead atoms. The normalized spacial score (nSPS) is 15.5. The van der Waals surface area contributed by atoms with Crippen LogP contribution in [0.2, 0.25) is 0 Å². The third-order valence-electron chi connectivity index (χ3n) is 4.64. The molecule has 1 amide bonds. The van der Waals surface area contributed by atoms with Gasteiger partial charge in [-0.1, -0.05) is 41.5 Å². The summed E-state index contributed by atoms with van der Waals surface area (Å²) in [6, 6.07) is 4.71. The molecule has 7 nitrogen and oxygen atoms in total. The highest BCUT2D eigenvalue weighted by Gasteiger charge is 2.49. The first kappa shape index (κ1) is 22.5. The third-order valence-corrected chi connectivity index (χ3v) is 4.64. The smallest absolute Gasteiger partial charge is 0.326 e. The number of carbonyl (C=O) groups is 3. The Morgan fingerprint density at radius 1 is 0.889 bits per heavy atom. The van der Waals surface area contributed by atoms with Gasteiger partial charge in [0.1, 0.15) is 6.04 Å². The van der Waals surface area contributed by atoms with E-state index in [0.29, 0.717) is 5.69 Å². The summed E-state index contributed by atoms with van der Waals surface area (Å²) in [5.74, 6) is -4.77. The van der Waals surface area contributed by atoms with Gasteiger partial charge in [0.15, 0.2) is 0 Å². The van der Waals surface area contributed by atoms with Crippen molar-refractivity contribution in [3.63, 3.8) is 0 Å². The van der Waals surface area contributed by atoms with Gasteiger partial charge in [-0.25, -0.2) is 4.79 Å². The number of anilines is 1. The summed E-state index contributed by atoms with van der Waals surface area (Å²) < 4.78 is 0. The number of benzene rings is 1. The lowest BCUT2D eigenvalue weighted by atomic mass is 9.61. The van der Waals surface area contributed by atoms with E-state index >= 15 is 0 Å². The maximum absolute atomic E-state index is 12.6. The highest BCUT2D eigenvalue weighted by atomic mass is 16.4. The second kappa shape index (κ2) is 7.98. The first-order valence-corrected chi connectivity index (χ1v) is 8.78. The summed E-state index contributed by atoms with van der Waals surface area (Å²) in [6.07, 6.45) is 0. The minimum atomic E-state index is -1.37. The molecule has 3 atom stereocenters. The molecule has 0 heterocycles. The molecule has 0 radical (unpaired) electrons. The molecule has 27 heavy (non-hydrogen) atoms. The van der Waals surface area contributed by atoms with Crippen molar-refractivity contribution in [1.82, 2.24) is 5.32 Å². The van der Waals surface area contributed by atoms with Crippen LogP contribution in [0, 0.1) is 22.7 Å². The van der Waals surface area contributed by atoms with Gasteiger partial charge in [-0.3, -0.25) is 9.59 Å². The zero-order valence-corrected chi connectivity index (χ0v) is 16.7. The van der Waals surface area contributed by atoms with Crippen molar-refractivity contribution in [1.29, 1.82) is 0 Å². The summed E-state index contributed by atoms with van der Waals surface area (Å²) in [7, 11) is 0. The number of aliphatic carboxylic acids is 2. The monoisotopic (exact) mass is 378 g/mol. The van der Waals surface area contributed by atoms with E-state index in [1.807, 2.05) is 0 Å². The Labute approximate surface area is 160 Å². The molecule has 5 N–H and O–H groups in total. The Balaban J connectivity index is 3.36. The molecule has 1 aromatic carbocycles. The van der Waals surface area contributed by atoms with E-state index in [0.717, 1.165) is 0 Å². The quantitative estimate of drug-likeness (QED) is 0.563. The number of nitrogens with two attached hydrogens (primary N) is 1. The summed E-state index contributed by atoms with van der Waals surface area (Å²) in [5.41, 5.74) is 4.95. The molecule has 0 aliphatic heterocycles. The van der Waals surface area contributed by atoms with Gasteiger partial charge in [0.2, 0.25) is 0 Å². The Hall–Kier alpha value is -2.57. The molecule has 2 unspecified atom stereocenters. The van der Waals surface area contributed by atoms with Crippen LogP contribution in [-0.2, 0) is 9.59 Å². The van der Waals surface area contributed by atoms with E-state index in [9.17, 15) is 24.6 Å². The molecular formula is C20H30N2O5. The standard InChI is InChI=1S/C20H30N2O5/c1-19(2,3)13(14(17(24)25)20(4,5)6)15(18(26)27)22-16(23)11-7-9-12(21)10-8-11/h7-10,13-15H,21H2,1-6H3,(H,22,23)(H,24,25)(H,26,27)/t13?,14?,15-/m0/s1. The number of amides is 1. The van der Waals surface area contributed by atoms with Crippen LogP contribution >= 0.6 is 0 Å². The number of carboxylic acid groups (broad SMARTS) is 2. The van der Waals surface area contributed by atoms with Crippen molar-refractivity contribution >= 4 is 23.5 Å². The van der Waals surface area contributed by atoms with E-state index < -0.39 is 46.6 Å². The molecule has 7 heteroatoms. The van der Waals surface area contributed by atoms with Crippen LogP contribution in [0.1, 0.15) is 51.9 Å². The lowest BCUT2D eigenvalue weighted by Gasteiger charge is -2.44. The maximum atomic E-state index is 12.6. The van der Waals surface area contributed by atoms with Crippen molar-refractivity contribution in [3.05, 3.63) is 29.8 Å². The highest BCUT2D eigenvalue weighted by Crippen LogP contribution is 2.43. The van der Waals surface area contributed by atoms with E-state index in [4.69, 9.17) is 5.73 Å². The van der Waals surface area contributed by atoms with Gasteiger partial charge in [0.05, 0.1) is 5.92 Å². The molecule has 0 fully saturated rings. The molecular weight excluding hydrogens is 348 g/mol. The fourth-order valence-corrected chi connectivity index (χ4v) is 3.42. The van der Waals surface area contributed by atoms with Crippen LogP contribution in [0.15, 0.2) is 24.3 Å². The van der Waals surface area contributed by atoms with Crippen LogP contribution in [0.3, 0.4) is 0 Å². The summed E-state index contributed by atoms with van der Waals surface area (Å²) in [5, 5.41) is 22.2. The summed E-state index contributed by atoms with van der Waals surface area (Å²) in [4.78, 5) is 36.7. The average molecular weight is 378 g/mol. The topological polar surface area (TPSA) is 130 Å². The summed E-state index contributed by atoms with van der Waals surface area (Å²) >= 11 is 0. The Kier molecular flexibility index (Phi) is 6.64. The van der Waals surface area contributed by atoms with Crippen molar-refractivity contribution in [3.8, 4) is 0 Å². The first-order valence-electron chi connectivity index (χ1n) is 8.78. The molecule has 0 aliphatic rings. The van der Waals surface area contributed by atoms with E-state index in [1.54, 1.807) is 53.7 Å². The van der Waals surface area contributed by atoms with E-state index in [-0.39, 0.29) is 5.56 Å². The van der Waals surface area contributed by atoms with Crippen molar-refractivity contribution < 1.29 is 24.6 Å². The maximum Gasteiger partial charge on any atom is 0.326 e. The van der Waals surface area contributed by atoms with Gasteiger partial charge < -0.3 is 21.3 Å². The Bertz CT molecular complexity index is 699. The molecule has 0 aromatic heterocycles. The SMILES string of the molecule is CC(C)(C)C(C(=O)O)C([C@H](NC(=O)c1ccc(N)cc1)C(=O)O)C(C)(C)C. The largest absolute Gasteiger partial charge is 0.481 e. The fraction of sp³-hybridized carbons (Fsp3) is 0.550. The first-order chi connectivity index (χ1) is 12.2. The predicted octanol–water partition coefficient (Wildman–Crippen LogP) is 2.86. The van der Waals surface area contributed by atoms with Crippen LogP contribution in [0.4, 0.5) is 5.69 Å². The second-order valence-electron chi connectivity index (χ2n) is 8.99. The lowest BCUT2D eigenvalue weighted by molar-refractivity contribution is -0.155.